The van der Waals surface area contributed by atoms with Crippen molar-refractivity contribution < 1.29 is 9.47 Å². The highest BCUT2D eigenvalue weighted by atomic mass is 16.5. The number of ether oxygens (including phenoxy) is 2. The third kappa shape index (κ3) is 2.31. The van der Waals surface area contributed by atoms with Crippen LogP contribution in [0, 0.1) is 6.92 Å². The number of nitrogens with one attached hydrogen (secondary N) is 1. The lowest BCUT2D eigenvalue weighted by Gasteiger charge is -2.34. The lowest BCUT2D eigenvalue weighted by molar-refractivity contribution is 0.351. The largest absolute Gasteiger partial charge is 0.493 e. The first-order valence-corrected chi connectivity index (χ1v) is 8.23. The van der Waals surface area contributed by atoms with Crippen LogP contribution >= 0.6 is 0 Å². The van der Waals surface area contributed by atoms with Gasteiger partial charge in [-0.3, -0.25) is 0 Å². The van der Waals surface area contributed by atoms with Gasteiger partial charge in [-0.15, -0.1) is 0 Å². The van der Waals surface area contributed by atoms with Gasteiger partial charge in [0.05, 0.1) is 20.3 Å². The third-order valence-corrected chi connectivity index (χ3v) is 5.31. The van der Waals surface area contributed by atoms with Crippen LogP contribution in [0.1, 0.15) is 41.1 Å². The number of fused-ring (bicyclic) bond motifs is 2. The second kappa shape index (κ2) is 5.27. The molecule has 1 heterocycles. The van der Waals surface area contributed by atoms with Crippen LogP contribution in [-0.4, -0.2) is 20.8 Å². The molecule has 2 aromatic carbocycles. The Balaban J connectivity index is 1.87. The van der Waals surface area contributed by atoms with E-state index < -0.39 is 0 Å². The van der Waals surface area contributed by atoms with Crippen molar-refractivity contribution in [1.29, 1.82) is 0 Å². The standard InChI is InChI=1S/C20H23NO2/c1-13-5-4-6-14(9-13)19-15-10-17(22-2)18(23-3)11-16(15)20(7-8-20)12-21-19/h4-6,9-11,19,21H,7-8,12H2,1-3H3. The molecule has 0 amide bonds. The summed E-state index contributed by atoms with van der Waals surface area (Å²) in [5.74, 6) is 1.64. The number of rotatable bonds is 3. The van der Waals surface area contributed by atoms with Gasteiger partial charge in [-0.05, 0) is 48.6 Å². The van der Waals surface area contributed by atoms with Gasteiger partial charge >= 0.3 is 0 Å². The number of methoxy groups -OCH3 is 2. The van der Waals surface area contributed by atoms with E-state index in [4.69, 9.17) is 9.47 Å². The fourth-order valence-electron chi connectivity index (χ4n) is 3.84. The maximum absolute atomic E-state index is 5.55. The summed E-state index contributed by atoms with van der Waals surface area (Å²) in [6, 6.07) is 13.3. The van der Waals surface area contributed by atoms with E-state index in [9.17, 15) is 0 Å². The van der Waals surface area contributed by atoms with E-state index in [2.05, 4.69) is 48.6 Å². The molecule has 2 aromatic rings. The monoisotopic (exact) mass is 309 g/mol. The molecule has 1 aliphatic carbocycles. The minimum atomic E-state index is 0.218. The molecule has 1 unspecified atom stereocenters. The molecule has 2 aliphatic rings. The van der Waals surface area contributed by atoms with Crippen LogP contribution in [0.25, 0.3) is 0 Å². The first kappa shape index (κ1) is 14.6. The van der Waals surface area contributed by atoms with E-state index >= 15 is 0 Å². The van der Waals surface area contributed by atoms with Gasteiger partial charge in [0.2, 0.25) is 0 Å². The van der Waals surface area contributed by atoms with Crippen LogP contribution < -0.4 is 14.8 Å². The van der Waals surface area contributed by atoms with Crippen LogP contribution in [0.15, 0.2) is 36.4 Å². The van der Waals surface area contributed by atoms with Gasteiger partial charge in [0.1, 0.15) is 0 Å². The molecule has 0 aromatic heterocycles. The van der Waals surface area contributed by atoms with Crippen LogP contribution in [0.5, 0.6) is 11.5 Å². The van der Waals surface area contributed by atoms with Gasteiger partial charge in [-0.25, -0.2) is 0 Å². The Morgan fingerprint density at radius 2 is 1.78 bits per heavy atom. The molecule has 1 saturated carbocycles. The third-order valence-electron chi connectivity index (χ3n) is 5.31. The fraction of sp³-hybridized carbons (Fsp3) is 0.400. The molecular formula is C20H23NO2. The smallest absolute Gasteiger partial charge is 0.161 e. The summed E-state index contributed by atoms with van der Waals surface area (Å²) in [5, 5.41) is 3.76. The summed E-state index contributed by atoms with van der Waals surface area (Å²) >= 11 is 0. The number of benzene rings is 2. The Hall–Kier alpha value is -2.00. The highest BCUT2D eigenvalue weighted by Gasteiger charge is 2.49. The Kier molecular flexibility index (Phi) is 3.34. The van der Waals surface area contributed by atoms with Crippen molar-refractivity contribution in [2.24, 2.45) is 0 Å². The van der Waals surface area contributed by atoms with E-state index in [1.54, 1.807) is 14.2 Å². The molecule has 3 nitrogen and oxygen atoms in total. The van der Waals surface area contributed by atoms with Crippen molar-refractivity contribution in [2.75, 3.05) is 20.8 Å². The summed E-state index contributed by atoms with van der Waals surface area (Å²) in [7, 11) is 3.41. The maximum Gasteiger partial charge on any atom is 0.161 e. The summed E-state index contributed by atoms with van der Waals surface area (Å²) in [5.41, 5.74) is 5.67. The summed E-state index contributed by atoms with van der Waals surface area (Å²) in [4.78, 5) is 0. The topological polar surface area (TPSA) is 30.5 Å². The van der Waals surface area contributed by atoms with Crippen molar-refractivity contribution in [3.05, 3.63) is 58.7 Å². The van der Waals surface area contributed by atoms with Crippen molar-refractivity contribution in [1.82, 2.24) is 5.32 Å². The van der Waals surface area contributed by atoms with Gasteiger partial charge in [0.15, 0.2) is 11.5 Å². The Morgan fingerprint density at radius 3 is 2.43 bits per heavy atom. The normalized spacial score (nSPS) is 20.9. The molecule has 4 rings (SSSR count). The minimum absolute atomic E-state index is 0.218. The van der Waals surface area contributed by atoms with E-state index in [-0.39, 0.29) is 6.04 Å². The van der Waals surface area contributed by atoms with Crippen molar-refractivity contribution in [2.45, 2.75) is 31.2 Å². The Bertz CT molecular complexity index is 749. The second-order valence-corrected chi connectivity index (χ2v) is 6.80. The zero-order valence-corrected chi connectivity index (χ0v) is 14.0. The molecule has 1 N–H and O–H groups in total. The minimum Gasteiger partial charge on any atom is -0.493 e. The van der Waals surface area contributed by atoms with Crippen molar-refractivity contribution in [3.63, 3.8) is 0 Å². The van der Waals surface area contributed by atoms with Gasteiger partial charge in [-0.1, -0.05) is 29.8 Å². The van der Waals surface area contributed by atoms with Crippen molar-refractivity contribution in [3.8, 4) is 11.5 Å². The molecule has 23 heavy (non-hydrogen) atoms. The molecule has 1 spiro atoms. The number of hydrogen-bond acceptors (Lipinski definition) is 3. The van der Waals surface area contributed by atoms with E-state index in [0.717, 1.165) is 18.0 Å². The molecule has 3 heteroatoms. The Labute approximate surface area is 137 Å². The van der Waals surface area contributed by atoms with Gasteiger partial charge in [0, 0.05) is 12.0 Å². The van der Waals surface area contributed by atoms with Gasteiger partial charge in [-0.2, -0.15) is 0 Å². The van der Waals surface area contributed by atoms with Crippen LogP contribution in [0.3, 0.4) is 0 Å². The van der Waals surface area contributed by atoms with E-state index in [1.807, 2.05) is 0 Å². The molecular weight excluding hydrogens is 286 g/mol. The average Bonchev–Trinajstić information content (AvgIpc) is 3.34. The summed E-state index contributed by atoms with van der Waals surface area (Å²) in [6.45, 7) is 3.18. The van der Waals surface area contributed by atoms with Crippen LogP contribution in [0.4, 0.5) is 0 Å². The quantitative estimate of drug-likeness (QED) is 0.937. The first-order chi connectivity index (χ1) is 11.2. The van der Waals surface area contributed by atoms with E-state index in [0.29, 0.717) is 5.41 Å². The maximum atomic E-state index is 5.55. The summed E-state index contributed by atoms with van der Waals surface area (Å²) in [6.07, 6.45) is 2.51. The lowest BCUT2D eigenvalue weighted by Crippen LogP contribution is -2.38. The van der Waals surface area contributed by atoms with Crippen LogP contribution in [-0.2, 0) is 5.41 Å². The highest BCUT2D eigenvalue weighted by Crippen LogP contribution is 2.54. The lowest BCUT2D eigenvalue weighted by atomic mass is 9.81. The molecule has 0 saturated heterocycles. The van der Waals surface area contributed by atoms with Crippen molar-refractivity contribution >= 4 is 0 Å². The van der Waals surface area contributed by atoms with E-state index in [1.165, 1.54) is 35.1 Å². The molecule has 1 atom stereocenters. The molecule has 1 fully saturated rings. The number of hydrogen-bond donors (Lipinski definition) is 1. The molecule has 0 bridgehead atoms. The molecule has 120 valence electrons. The highest BCUT2D eigenvalue weighted by molar-refractivity contribution is 5.56. The summed E-state index contributed by atoms with van der Waals surface area (Å²) < 4.78 is 11.1. The van der Waals surface area contributed by atoms with Crippen LogP contribution in [0.2, 0.25) is 0 Å². The number of aryl methyl sites for hydroxylation is 1. The molecule has 1 aliphatic heterocycles. The zero-order valence-electron chi connectivity index (χ0n) is 14.0. The predicted octanol–water partition coefficient (Wildman–Crippen LogP) is 3.74. The second-order valence-electron chi connectivity index (χ2n) is 6.80. The SMILES string of the molecule is COc1cc2c(cc1OC)C1(CC1)CNC2c1cccc(C)c1. The average molecular weight is 309 g/mol. The van der Waals surface area contributed by atoms with Gasteiger partial charge in [0.25, 0.3) is 0 Å². The predicted molar refractivity (Wildman–Crippen MR) is 91.5 cm³/mol. The molecule has 0 radical (unpaired) electrons. The Morgan fingerprint density at radius 1 is 1.04 bits per heavy atom. The fourth-order valence-corrected chi connectivity index (χ4v) is 3.84. The van der Waals surface area contributed by atoms with Gasteiger partial charge < -0.3 is 14.8 Å². The zero-order chi connectivity index (χ0) is 16.0. The first-order valence-electron chi connectivity index (χ1n) is 8.23.